The van der Waals surface area contributed by atoms with Crippen molar-refractivity contribution < 1.29 is 19.2 Å². The second kappa shape index (κ2) is 10.8. The molecular formula is C29H30N4O4. The van der Waals surface area contributed by atoms with Crippen LogP contribution in [0.2, 0.25) is 0 Å². The van der Waals surface area contributed by atoms with Crippen LogP contribution in [0.4, 0.5) is 5.69 Å². The molecule has 5 rings (SSSR count). The smallest absolute Gasteiger partial charge is 0.271 e. The highest BCUT2D eigenvalue weighted by Crippen LogP contribution is 2.32. The number of aromatic nitrogens is 1. The Morgan fingerprint density at radius 1 is 1.00 bits per heavy atom. The van der Waals surface area contributed by atoms with Gasteiger partial charge in [-0.05, 0) is 50.2 Å². The zero-order valence-corrected chi connectivity index (χ0v) is 21.0. The van der Waals surface area contributed by atoms with Crippen LogP contribution in [0, 0.1) is 0 Å². The molecule has 1 aliphatic heterocycles. The Balaban J connectivity index is 1.51. The lowest BCUT2D eigenvalue weighted by Crippen LogP contribution is -2.48. The first-order chi connectivity index (χ1) is 18.1. The monoisotopic (exact) mass is 498 g/mol. The van der Waals surface area contributed by atoms with E-state index in [1.165, 1.54) is 4.90 Å². The number of benzene rings is 3. The lowest BCUT2D eigenvalue weighted by Gasteiger charge is -2.24. The number of para-hydroxylation sites is 2. The van der Waals surface area contributed by atoms with Gasteiger partial charge >= 0.3 is 0 Å². The van der Waals surface area contributed by atoms with Gasteiger partial charge in [-0.15, -0.1) is 0 Å². The van der Waals surface area contributed by atoms with E-state index in [1.807, 2.05) is 55.5 Å². The molecule has 8 nitrogen and oxygen atoms in total. The van der Waals surface area contributed by atoms with Gasteiger partial charge in [-0.2, -0.15) is 0 Å². The Labute approximate surface area is 215 Å². The Bertz CT molecular complexity index is 1460. The van der Waals surface area contributed by atoms with E-state index in [-0.39, 0.29) is 12.5 Å². The van der Waals surface area contributed by atoms with Crippen LogP contribution in [0.1, 0.15) is 20.3 Å². The summed E-state index contributed by atoms with van der Waals surface area (Å²) in [4.78, 5) is 33.7. The molecule has 1 aliphatic rings. The summed E-state index contributed by atoms with van der Waals surface area (Å²) in [6, 6.07) is 22.4. The van der Waals surface area contributed by atoms with Crippen LogP contribution in [0.15, 0.2) is 78.0 Å². The second-order valence-corrected chi connectivity index (χ2v) is 8.84. The number of carbonyl (C=O) groups excluding carboxylic acids is 2. The third-order valence-corrected chi connectivity index (χ3v) is 6.52. The topological polar surface area (TPSA) is 85.2 Å². The average molecular weight is 499 g/mol. The van der Waals surface area contributed by atoms with Crippen molar-refractivity contribution in [2.75, 3.05) is 24.7 Å². The quantitative estimate of drug-likeness (QED) is 0.362. The number of rotatable bonds is 8. The maximum atomic E-state index is 13.8. The highest BCUT2D eigenvalue weighted by molar-refractivity contribution is 6.20. The molecule has 1 atom stereocenters. The van der Waals surface area contributed by atoms with Gasteiger partial charge in [-0.3, -0.25) is 9.59 Å². The molecule has 0 unspecified atom stereocenters. The average Bonchev–Trinajstić information content (AvgIpc) is 3.54. The fourth-order valence-electron chi connectivity index (χ4n) is 4.82. The number of nitrogens with zero attached hydrogens (tertiary/aromatic N) is 3. The second-order valence-electron chi connectivity index (χ2n) is 8.84. The summed E-state index contributed by atoms with van der Waals surface area (Å²) in [7, 11) is 0. The SMILES string of the molecule is CCO/N=C1/CN[C@H](C(=O)N(C(=O)COc2ccccc2)c2ccc3c(c2)c2ccccc2n3CC)C1. The van der Waals surface area contributed by atoms with Gasteiger partial charge in [-0.1, -0.05) is 41.6 Å². The molecule has 0 radical (unpaired) electrons. The summed E-state index contributed by atoms with van der Waals surface area (Å²) < 4.78 is 7.96. The van der Waals surface area contributed by atoms with E-state index in [0.29, 0.717) is 31.0 Å². The van der Waals surface area contributed by atoms with E-state index in [9.17, 15) is 9.59 Å². The molecule has 37 heavy (non-hydrogen) atoms. The van der Waals surface area contributed by atoms with E-state index >= 15 is 0 Å². The van der Waals surface area contributed by atoms with Crippen molar-refractivity contribution in [3.63, 3.8) is 0 Å². The molecule has 2 amide bonds. The number of ether oxygens (including phenoxy) is 1. The van der Waals surface area contributed by atoms with Crippen molar-refractivity contribution in [2.45, 2.75) is 32.9 Å². The number of oxime groups is 1. The van der Waals surface area contributed by atoms with E-state index < -0.39 is 11.9 Å². The number of carbonyl (C=O) groups is 2. The van der Waals surface area contributed by atoms with Crippen LogP contribution in [-0.4, -0.2) is 47.9 Å². The molecule has 0 saturated carbocycles. The summed E-state index contributed by atoms with van der Waals surface area (Å²) >= 11 is 0. The number of anilines is 1. The summed E-state index contributed by atoms with van der Waals surface area (Å²) in [6.07, 6.45) is 0.375. The minimum absolute atomic E-state index is 0.267. The Morgan fingerprint density at radius 3 is 2.54 bits per heavy atom. The largest absolute Gasteiger partial charge is 0.484 e. The molecule has 1 N–H and O–H groups in total. The first-order valence-corrected chi connectivity index (χ1v) is 12.6. The summed E-state index contributed by atoms with van der Waals surface area (Å²) in [5, 5.41) is 9.32. The molecule has 0 spiro atoms. The highest BCUT2D eigenvalue weighted by Gasteiger charge is 2.35. The van der Waals surface area contributed by atoms with Gasteiger partial charge < -0.3 is 19.5 Å². The zero-order valence-electron chi connectivity index (χ0n) is 21.0. The minimum atomic E-state index is -0.590. The predicted molar refractivity (Wildman–Crippen MR) is 145 cm³/mol. The molecular weight excluding hydrogens is 468 g/mol. The maximum Gasteiger partial charge on any atom is 0.271 e. The van der Waals surface area contributed by atoms with Gasteiger partial charge in [-0.25, -0.2) is 4.90 Å². The molecule has 4 aromatic rings. The van der Waals surface area contributed by atoms with Crippen LogP contribution in [0.5, 0.6) is 5.75 Å². The number of nitrogens with one attached hydrogen (secondary N) is 1. The van der Waals surface area contributed by atoms with Crippen molar-refractivity contribution in [1.29, 1.82) is 0 Å². The van der Waals surface area contributed by atoms with E-state index in [4.69, 9.17) is 9.57 Å². The fraction of sp³-hybridized carbons (Fsp3) is 0.276. The molecule has 8 heteroatoms. The summed E-state index contributed by atoms with van der Waals surface area (Å²) in [6.45, 7) is 5.39. The van der Waals surface area contributed by atoms with Crippen molar-refractivity contribution >= 4 is 45.0 Å². The number of fused-ring (bicyclic) bond motifs is 3. The standard InChI is InChI=1S/C29H30N4O4/c1-3-32-26-13-9-8-12-23(26)24-17-21(14-15-27(24)32)33(28(34)19-36-22-10-6-5-7-11-22)29(35)25-16-20(18-30-25)31-37-4-2/h5-15,17,25,30H,3-4,16,18-19H2,1-2H3/b31-20+/t25-/m0/s1. The van der Waals surface area contributed by atoms with Crippen molar-refractivity contribution in [2.24, 2.45) is 5.16 Å². The van der Waals surface area contributed by atoms with Crippen LogP contribution < -0.4 is 15.0 Å². The predicted octanol–water partition coefficient (Wildman–Crippen LogP) is 4.51. The van der Waals surface area contributed by atoms with Crippen LogP contribution >= 0.6 is 0 Å². The molecule has 0 aliphatic carbocycles. The van der Waals surface area contributed by atoms with E-state index in [0.717, 1.165) is 34.1 Å². The maximum absolute atomic E-state index is 13.8. The van der Waals surface area contributed by atoms with Gasteiger partial charge in [0.2, 0.25) is 0 Å². The highest BCUT2D eigenvalue weighted by atomic mass is 16.6. The van der Waals surface area contributed by atoms with Crippen LogP contribution in [0.25, 0.3) is 21.8 Å². The number of amides is 2. The Morgan fingerprint density at radius 2 is 1.76 bits per heavy atom. The van der Waals surface area contributed by atoms with Crippen LogP contribution in [0.3, 0.4) is 0 Å². The van der Waals surface area contributed by atoms with Crippen molar-refractivity contribution in [1.82, 2.24) is 9.88 Å². The third kappa shape index (κ3) is 4.93. The molecule has 1 saturated heterocycles. The van der Waals surface area contributed by atoms with Crippen molar-refractivity contribution in [3.8, 4) is 5.75 Å². The minimum Gasteiger partial charge on any atom is -0.484 e. The zero-order chi connectivity index (χ0) is 25.8. The van der Waals surface area contributed by atoms with E-state index in [1.54, 1.807) is 12.1 Å². The molecule has 2 heterocycles. The molecule has 1 fully saturated rings. The number of imide groups is 1. The molecule has 1 aromatic heterocycles. The summed E-state index contributed by atoms with van der Waals surface area (Å²) in [5.74, 6) is -0.221. The molecule has 190 valence electrons. The van der Waals surface area contributed by atoms with Gasteiger partial charge in [0.05, 0.1) is 17.4 Å². The normalized spacial score (nSPS) is 16.4. The third-order valence-electron chi connectivity index (χ3n) is 6.52. The Hall–Kier alpha value is -4.17. The first kappa shape index (κ1) is 24.5. The van der Waals surface area contributed by atoms with Gasteiger partial charge in [0, 0.05) is 41.3 Å². The van der Waals surface area contributed by atoms with E-state index in [2.05, 4.69) is 34.1 Å². The van der Waals surface area contributed by atoms with Crippen molar-refractivity contribution in [3.05, 3.63) is 72.8 Å². The Kier molecular flexibility index (Phi) is 7.18. The number of aryl methyl sites for hydroxylation is 1. The number of hydrogen-bond acceptors (Lipinski definition) is 6. The molecule has 0 bridgehead atoms. The molecule has 3 aromatic carbocycles. The number of hydrogen-bond donors (Lipinski definition) is 1. The van der Waals surface area contributed by atoms with Gasteiger partial charge in [0.1, 0.15) is 12.4 Å². The summed E-state index contributed by atoms with van der Waals surface area (Å²) in [5.41, 5.74) is 3.42. The van der Waals surface area contributed by atoms with Gasteiger partial charge in [0.25, 0.3) is 11.8 Å². The van der Waals surface area contributed by atoms with Crippen LogP contribution in [-0.2, 0) is 21.0 Å². The lowest BCUT2D eigenvalue weighted by atomic mass is 10.1. The fourth-order valence-corrected chi connectivity index (χ4v) is 4.82. The van der Waals surface area contributed by atoms with Gasteiger partial charge in [0.15, 0.2) is 6.61 Å². The first-order valence-electron chi connectivity index (χ1n) is 12.6. The lowest BCUT2D eigenvalue weighted by molar-refractivity contribution is -0.128.